The number of nitrogens with one attached hydrogen (secondary N) is 1. The molecule has 2 saturated heterocycles. The number of β-lactam (4-membered cyclic amide) rings is 1. The second-order valence-electron chi connectivity index (χ2n) is 10.1. The van der Waals surface area contributed by atoms with Crippen molar-refractivity contribution in [3.05, 3.63) is 119 Å². The molecular weight excluding hydrogens is 524 g/mol. The van der Waals surface area contributed by atoms with E-state index in [0.717, 1.165) is 26.8 Å². The number of hydroxylamine groups is 2. The maximum Gasteiger partial charge on any atom is 0.431 e. The van der Waals surface area contributed by atoms with E-state index in [1.54, 1.807) is 36.4 Å². The second-order valence-corrected chi connectivity index (χ2v) is 10.1. The maximum absolute atomic E-state index is 13.6. The van der Waals surface area contributed by atoms with Crippen LogP contribution in [0.2, 0.25) is 0 Å². The van der Waals surface area contributed by atoms with Crippen LogP contribution in [0.15, 0.2) is 103 Å². The Morgan fingerprint density at radius 2 is 1.49 bits per heavy atom. The third kappa shape index (κ3) is 4.93. The maximum atomic E-state index is 13.6. The standard InChI is InChI=1S/C31H28N4O6/c1-20-17-25-33(31(39)40-19-22-13-7-3-8-14-22)34-27(28(20)41-35(25)29(37)23-15-9-4-10-16-23)26(30(34)38)32-24(36)18-21-11-5-2-6-12-21/h2-17,25-28H,18-19H2,1H3,(H,32,36)/t25-,26-,27-,28+/m0/s1. The van der Waals surface area contributed by atoms with Gasteiger partial charge in [-0.05, 0) is 41.8 Å². The van der Waals surface area contributed by atoms with Crippen molar-refractivity contribution >= 4 is 23.8 Å². The summed E-state index contributed by atoms with van der Waals surface area (Å²) < 4.78 is 5.62. The highest BCUT2D eigenvalue weighted by Crippen LogP contribution is 2.40. The van der Waals surface area contributed by atoms with Crippen LogP contribution in [0.3, 0.4) is 0 Å². The molecule has 7 rings (SSSR count). The smallest absolute Gasteiger partial charge is 0.431 e. The Labute approximate surface area is 236 Å². The van der Waals surface area contributed by atoms with Gasteiger partial charge in [0, 0.05) is 5.56 Å². The van der Waals surface area contributed by atoms with Crippen LogP contribution < -0.4 is 5.32 Å². The molecule has 4 atom stereocenters. The Hall–Kier alpha value is -4.96. The molecule has 3 aromatic carbocycles. The fourth-order valence-corrected chi connectivity index (χ4v) is 5.35. The van der Waals surface area contributed by atoms with Gasteiger partial charge in [0.15, 0.2) is 6.17 Å². The fraction of sp³-hybridized carbons (Fsp3) is 0.226. The third-order valence-corrected chi connectivity index (χ3v) is 7.37. The summed E-state index contributed by atoms with van der Waals surface area (Å²) in [6.07, 6.45) is -0.898. The summed E-state index contributed by atoms with van der Waals surface area (Å²) in [4.78, 5) is 59.9. The van der Waals surface area contributed by atoms with E-state index in [2.05, 4.69) is 5.32 Å². The van der Waals surface area contributed by atoms with E-state index in [0.29, 0.717) is 5.56 Å². The molecule has 4 heterocycles. The minimum Gasteiger partial charge on any atom is -0.443 e. The summed E-state index contributed by atoms with van der Waals surface area (Å²) in [6.45, 7) is 1.77. The molecule has 208 valence electrons. The van der Waals surface area contributed by atoms with Crippen LogP contribution >= 0.6 is 0 Å². The minimum atomic E-state index is -1.09. The Balaban J connectivity index is 1.30. The van der Waals surface area contributed by atoms with Gasteiger partial charge < -0.3 is 10.1 Å². The zero-order chi connectivity index (χ0) is 28.5. The van der Waals surface area contributed by atoms with Crippen molar-refractivity contribution in [2.24, 2.45) is 0 Å². The molecular formula is C31H28N4O6. The van der Waals surface area contributed by atoms with Crippen molar-refractivity contribution in [2.75, 3.05) is 0 Å². The Morgan fingerprint density at radius 1 is 0.878 bits per heavy atom. The number of fused-ring (bicyclic) bond motifs is 1. The summed E-state index contributed by atoms with van der Waals surface area (Å²) in [5, 5.41) is 6.29. The van der Waals surface area contributed by atoms with Crippen LogP contribution in [0.25, 0.3) is 0 Å². The van der Waals surface area contributed by atoms with Gasteiger partial charge in [-0.15, -0.1) is 0 Å². The quantitative estimate of drug-likeness (QED) is 0.372. The van der Waals surface area contributed by atoms with Crippen LogP contribution in [0.1, 0.15) is 28.4 Å². The number of carbonyl (C=O) groups is 4. The number of nitrogens with zero attached hydrogens (tertiary/aromatic N) is 3. The van der Waals surface area contributed by atoms with Crippen molar-refractivity contribution < 1.29 is 28.8 Å². The van der Waals surface area contributed by atoms with Crippen molar-refractivity contribution in [1.82, 2.24) is 20.4 Å². The van der Waals surface area contributed by atoms with E-state index in [1.807, 2.05) is 67.6 Å². The zero-order valence-electron chi connectivity index (χ0n) is 22.3. The molecule has 10 nitrogen and oxygen atoms in total. The first-order valence-electron chi connectivity index (χ1n) is 13.3. The number of benzene rings is 3. The Kier molecular flexibility index (Phi) is 6.98. The van der Waals surface area contributed by atoms with Crippen LogP contribution in [0, 0.1) is 0 Å². The summed E-state index contributed by atoms with van der Waals surface area (Å²) in [5.41, 5.74) is 2.63. The molecule has 2 fully saturated rings. The third-order valence-electron chi connectivity index (χ3n) is 7.37. The van der Waals surface area contributed by atoms with Crippen LogP contribution in [-0.2, 0) is 32.2 Å². The number of hydrogen-bond acceptors (Lipinski definition) is 6. The van der Waals surface area contributed by atoms with E-state index in [9.17, 15) is 19.2 Å². The van der Waals surface area contributed by atoms with Gasteiger partial charge in [-0.3, -0.25) is 19.2 Å². The lowest BCUT2D eigenvalue weighted by Crippen LogP contribution is -2.78. The molecule has 0 radical (unpaired) electrons. The van der Waals surface area contributed by atoms with Gasteiger partial charge >= 0.3 is 6.09 Å². The summed E-state index contributed by atoms with van der Waals surface area (Å²) in [6, 6.07) is 25.1. The minimum absolute atomic E-state index is 0.0353. The van der Waals surface area contributed by atoms with Gasteiger partial charge in [-0.25, -0.2) is 9.80 Å². The topological polar surface area (TPSA) is 108 Å². The molecule has 0 aromatic heterocycles. The van der Waals surface area contributed by atoms with Gasteiger partial charge in [0.1, 0.15) is 24.8 Å². The lowest BCUT2D eigenvalue weighted by atomic mass is 9.88. The molecule has 1 N–H and O–H groups in total. The molecule has 0 spiro atoms. The van der Waals surface area contributed by atoms with Crippen LogP contribution in [0.5, 0.6) is 0 Å². The summed E-state index contributed by atoms with van der Waals surface area (Å²) >= 11 is 0. The molecule has 4 aliphatic heterocycles. The van der Waals surface area contributed by atoms with Crippen LogP contribution in [0.4, 0.5) is 4.79 Å². The summed E-state index contributed by atoms with van der Waals surface area (Å²) in [7, 11) is 0. The Bertz CT molecular complexity index is 1500. The fourth-order valence-electron chi connectivity index (χ4n) is 5.35. The van der Waals surface area contributed by atoms with E-state index in [1.165, 1.54) is 5.01 Å². The first-order chi connectivity index (χ1) is 19.9. The SMILES string of the molecule is CC1=C[C@@H]2N(C(=O)c3ccccc3)O[C@H]1[C@@H]1[C@H](NC(=O)Cc3ccccc3)C(=O)N1N2C(=O)OCc1ccccc1. The molecule has 0 unspecified atom stereocenters. The van der Waals surface area contributed by atoms with Crippen LogP contribution in [-0.4, -0.2) is 63.2 Å². The lowest BCUT2D eigenvalue weighted by Gasteiger charge is -2.50. The monoisotopic (exact) mass is 552 g/mol. The van der Waals surface area contributed by atoms with Crippen molar-refractivity contribution in [3.63, 3.8) is 0 Å². The van der Waals surface area contributed by atoms with Gasteiger partial charge in [-0.1, -0.05) is 78.9 Å². The van der Waals surface area contributed by atoms with Gasteiger partial charge in [-0.2, -0.15) is 10.1 Å². The molecule has 3 aromatic rings. The van der Waals surface area contributed by atoms with Crippen molar-refractivity contribution in [3.8, 4) is 0 Å². The Morgan fingerprint density at radius 3 is 2.15 bits per heavy atom. The van der Waals surface area contributed by atoms with Gasteiger partial charge in [0.25, 0.3) is 11.8 Å². The first kappa shape index (κ1) is 26.3. The largest absolute Gasteiger partial charge is 0.443 e. The highest BCUT2D eigenvalue weighted by Gasteiger charge is 2.63. The number of amides is 4. The zero-order valence-corrected chi connectivity index (χ0v) is 22.3. The van der Waals surface area contributed by atoms with Crippen molar-refractivity contribution in [2.45, 2.75) is 44.3 Å². The molecule has 0 saturated carbocycles. The predicted molar refractivity (Wildman–Crippen MR) is 146 cm³/mol. The number of rotatable bonds is 6. The summed E-state index contributed by atoms with van der Waals surface area (Å²) in [5.74, 6) is -1.32. The molecule has 41 heavy (non-hydrogen) atoms. The van der Waals surface area contributed by atoms with E-state index in [4.69, 9.17) is 9.57 Å². The van der Waals surface area contributed by atoms with Gasteiger partial charge in [0.05, 0.1) is 6.42 Å². The van der Waals surface area contributed by atoms with Crippen molar-refractivity contribution in [1.29, 1.82) is 0 Å². The van der Waals surface area contributed by atoms with E-state index >= 15 is 0 Å². The number of hydrogen-bond donors (Lipinski definition) is 1. The van der Waals surface area contributed by atoms with Gasteiger partial charge in [0.2, 0.25) is 5.91 Å². The normalized spacial score (nSPS) is 22.7. The number of hydrazine groups is 1. The predicted octanol–water partition coefficient (Wildman–Crippen LogP) is 3.22. The molecule has 2 bridgehead atoms. The van der Waals surface area contributed by atoms with E-state index < -0.39 is 42.3 Å². The second kappa shape index (κ2) is 10.9. The lowest BCUT2D eigenvalue weighted by molar-refractivity contribution is -0.185. The van der Waals surface area contributed by atoms with E-state index in [-0.39, 0.29) is 18.9 Å². The average molecular weight is 553 g/mol. The molecule has 4 aliphatic rings. The molecule has 4 amide bonds. The highest BCUT2D eigenvalue weighted by atomic mass is 16.7. The molecule has 10 heteroatoms. The number of ether oxygens (including phenoxy) is 1. The number of carbonyl (C=O) groups excluding carboxylic acids is 4. The first-order valence-corrected chi connectivity index (χ1v) is 13.3. The highest BCUT2D eigenvalue weighted by molar-refractivity contribution is 5.97. The molecule has 0 aliphatic carbocycles. The average Bonchev–Trinajstić information content (AvgIpc) is 3.20.